The first-order chi connectivity index (χ1) is 9.33. The van der Waals surface area contributed by atoms with E-state index in [1.54, 1.807) is 12.3 Å². The number of amides is 1. The Kier molecular flexibility index (Phi) is 2.82. The topological polar surface area (TPSA) is 83.8 Å². The van der Waals surface area contributed by atoms with Gasteiger partial charge in [0.15, 0.2) is 11.5 Å². The molecule has 0 spiro atoms. The molecule has 0 saturated carbocycles. The van der Waals surface area contributed by atoms with Crippen molar-refractivity contribution in [3.63, 3.8) is 0 Å². The summed E-state index contributed by atoms with van der Waals surface area (Å²) in [5.41, 5.74) is 1.67. The highest BCUT2D eigenvalue weighted by molar-refractivity contribution is 6.03. The zero-order chi connectivity index (χ0) is 13.1. The molecule has 0 bridgehead atoms. The number of anilines is 1. The number of benzene rings is 1. The first-order valence-electron chi connectivity index (χ1n) is 5.65. The number of rotatable bonds is 3. The van der Waals surface area contributed by atoms with Gasteiger partial charge in [0.2, 0.25) is 0 Å². The van der Waals surface area contributed by atoms with Gasteiger partial charge in [-0.05, 0) is 0 Å². The van der Waals surface area contributed by atoms with Gasteiger partial charge in [-0.15, -0.1) is 0 Å². The number of carbonyl (C=O) groups is 1. The van der Waals surface area contributed by atoms with E-state index in [0.717, 1.165) is 5.56 Å². The second-order valence-electron chi connectivity index (χ2n) is 3.88. The molecule has 3 rings (SSSR count). The summed E-state index contributed by atoms with van der Waals surface area (Å²) in [5.74, 6) is 0.213. The SMILES string of the molecule is O=C(Nc1cn[nH]c1)c1cc(-c2ccccc2)on1. The first-order valence-corrected chi connectivity index (χ1v) is 5.65. The molecule has 6 heteroatoms. The average Bonchev–Trinajstić information content (AvgIpc) is 3.10. The Labute approximate surface area is 108 Å². The predicted molar refractivity (Wildman–Crippen MR) is 68.5 cm³/mol. The van der Waals surface area contributed by atoms with Crippen molar-refractivity contribution in [2.45, 2.75) is 0 Å². The van der Waals surface area contributed by atoms with E-state index in [0.29, 0.717) is 11.4 Å². The highest BCUT2D eigenvalue weighted by Crippen LogP contribution is 2.20. The lowest BCUT2D eigenvalue weighted by atomic mass is 10.1. The summed E-state index contributed by atoms with van der Waals surface area (Å²) in [5, 5.41) is 12.8. The molecule has 94 valence electrons. The fourth-order valence-corrected chi connectivity index (χ4v) is 1.64. The Morgan fingerprint density at radius 3 is 2.84 bits per heavy atom. The largest absolute Gasteiger partial charge is 0.355 e. The standard InChI is InChI=1S/C13H10N4O2/c18-13(16-10-7-14-15-8-10)11-6-12(19-17-11)9-4-2-1-3-5-9/h1-8H,(H,14,15)(H,16,18). The molecular weight excluding hydrogens is 244 g/mol. The van der Waals surface area contributed by atoms with Gasteiger partial charge in [-0.2, -0.15) is 5.10 Å². The summed E-state index contributed by atoms with van der Waals surface area (Å²) < 4.78 is 5.16. The summed E-state index contributed by atoms with van der Waals surface area (Å²) in [7, 11) is 0. The molecule has 19 heavy (non-hydrogen) atoms. The quantitative estimate of drug-likeness (QED) is 0.751. The molecule has 2 N–H and O–H groups in total. The summed E-state index contributed by atoms with van der Waals surface area (Å²) in [6.45, 7) is 0. The van der Waals surface area contributed by atoms with Crippen LogP contribution in [0.5, 0.6) is 0 Å². The van der Waals surface area contributed by atoms with Crippen molar-refractivity contribution in [1.29, 1.82) is 0 Å². The van der Waals surface area contributed by atoms with Gasteiger partial charge in [0.1, 0.15) is 0 Å². The van der Waals surface area contributed by atoms with E-state index in [4.69, 9.17) is 4.52 Å². The van der Waals surface area contributed by atoms with Crippen LogP contribution in [-0.2, 0) is 0 Å². The zero-order valence-corrected chi connectivity index (χ0v) is 9.83. The number of hydrogen-bond donors (Lipinski definition) is 2. The van der Waals surface area contributed by atoms with E-state index in [2.05, 4.69) is 20.7 Å². The third-order valence-corrected chi connectivity index (χ3v) is 2.56. The van der Waals surface area contributed by atoms with Crippen LogP contribution in [0.4, 0.5) is 5.69 Å². The number of nitrogens with one attached hydrogen (secondary N) is 2. The van der Waals surface area contributed by atoms with Gasteiger partial charge in [-0.3, -0.25) is 9.89 Å². The van der Waals surface area contributed by atoms with Crippen molar-refractivity contribution < 1.29 is 9.32 Å². The third kappa shape index (κ3) is 2.37. The second kappa shape index (κ2) is 4.77. The minimum absolute atomic E-state index is 0.222. The van der Waals surface area contributed by atoms with Crippen LogP contribution >= 0.6 is 0 Å². The van der Waals surface area contributed by atoms with Gasteiger partial charge in [-0.25, -0.2) is 0 Å². The Morgan fingerprint density at radius 2 is 2.11 bits per heavy atom. The number of H-pyrrole nitrogens is 1. The lowest BCUT2D eigenvalue weighted by Gasteiger charge is -1.96. The van der Waals surface area contributed by atoms with E-state index < -0.39 is 0 Å². The average molecular weight is 254 g/mol. The number of aromatic amines is 1. The van der Waals surface area contributed by atoms with Crippen LogP contribution in [0.25, 0.3) is 11.3 Å². The smallest absolute Gasteiger partial charge is 0.277 e. The van der Waals surface area contributed by atoms with E-state index in [1.807, 2.05) is 30.3 Å². The molecule has 1 aromatic carbocycles. The number of carbonyl (C=O) groups excluding carboxylic acids is 1. The highest BCUT2D eigenvalue weighted by Gasteiger charge is 2.13. The molecule has 0 fully saturated rings. The minimum Gasteiger partial charge on any atom is -0.355 e. The molecule has 0 atom stereocenters. The molecule has 2 aromatic heterocycles. The van der Waals surface area contributed by atoms with Gasteiger partial charge in [0.05, 0.1) is 11.9 Å². The van der Waals surface area contributed by atoms with Crippen molar-refractivity contribution >= 4 is 11.6 Å². The maximum absolute atomic E-state index is 11.9. The molecule has 3 aromatic rings. The van der Waals surface area contributed by atoms with Crippen LogP contribution in [0.2, 0.25) is 0 Å². The summed E-state index contributed by atoms with van der Waals surface area (Å²) in [6, 6.07) is 11.1. The predicted octanol–water partition coefficient (Wildman–Crippen LogP) is 2.32. The third-order valence-electron chi connectivity index (χ3n) is 2.56. The van der Waals surface area contributed by atoms with Crippen LogP contribution in [0.3, 0.4) is 0 Å². The van der Waals surface area contributed by atoms with E-state index in [9.17, 15) is 4.79 Å². The number of aromatic nitrogens is 3. The van der Waals surface area contributed by atoms with Crippen molar-refractivity contribution in [2.24, 2.45) is 0 Å². The fourth-order valence-electron chi connectivity index (χ4n) is 1.64. The van der Waals surface area contributed by atoms with Crippen LogP contribution in [-0.4, -0.2) is 21.3 Å². The molecule has 0 radical (unpaired) electrons. The van der Waals surface area contributed by atoms with Crippen molar-refractivity contribution in [3.05, 3.63) is 54.5 Å². The summed E-state index contributed by atoms with van der Waals surface area (Å²) in [4.78, 5) is 11.9. The van der Waals surface area contributed by atoms with Gasteiger partial charge >= 0.3 is 0 Å². The van der Waals surface area contributed by atoms with Crippen LogP contribution < -0.4 is 5.32 Å². The van der Waals surface area contributed by atoms with Crippen LogP contribution in [0.1, 0.15) is 10.5 Å². The molecule has 0 aliphatic carbocycles. The lowest BCUT2D eigenvalue weighted by Crippen LogP contribution is -2.11. The van der Waals surface area contributed by atoms with E-state index in [1.165, 1.54) is 6.20 Å². The summed E-state index contributed by atoms with van der Waals surface area (Å²) in [6.07, 6.45) is 3.09. The minimum atomic E-state index is -0.340. The maximum atomic E-state index is 11.9. The molecular formula is C13H10N4O2. The van der Waals surface area contributed by atoms with Crippen LogP contribution in [0, 0.1) is 0 Å². The molecule has 0 aliphatic rings. The number of nitrogens with zero attached hydrogens (tertiary/aromatic N) is 2. The van der Waals surface area contributed by atoms with E-state index >= 15 is 0 Å². The van der Waals surface area contributed by atoms with Gasteiger partial charge in [-0.1, -0.05) is 35.5 Å². The molecule has 0 unspecified atom stereocenters. The normalized spacial score (nSPS) is 10.3. The fraction of sp³-hybridized carbons (Fsp3) is 0. The molecule has 2 heterocycles. The number of hydrogen-bond acceptors (Lipinski definition) is 4. The Bertz CT molecular complexity index is 674. The van der Waals surface area contributed by atoms with Gasteiger partial charge < -0.3 is 9.84 Å². The monoisotopic (exact) mass is 254 g/mol. The molecule has 1 amide bonds. The maximum Gasteiger partial charge on any atom is 0.277 e. The van der Waals surface area contributed by atoms with Crippen molar-refractivity contribution in [1.82, 2.24) is 15.4 Å². The van der Waals surface area contributed by atoms with Crippen molar-refractivity contribution in [3.8, 4) is 11.3 Å². The zero-order valence-electron chi connectivity index (χ0n) is 9.83. The molecule has 0 aliphatic heterocycles. The van der Waals surface area contributed by atoms with Crippen LogP contribution in [0.15, 0.2) is 53.3 Å². The van der Waals surface area contributed by atoms with Gasteiger partial charge in [0, 0.05) is 17.8 Å². The van der Waals surface area contributed by atoms with Gasteiger partial charge in [0.25, 0.3) is 5.91 Å². The Balaban J connectivity index is 1.80. The molecule has 0 saturated heterocycles. The summed E-state index contributed by atoms with van der Waals surface area (Å²) >= 11 is 0. The second-order valence-corrected chi connectivity index (χ2v) is 3.88. The molecule has 6 nitrogen and oxygen atoms in total. The highest BCUT2D eigenvalue weighted by atomic mass is 16.5. The lowest BCUT2D eigenvalue weighted by molar-refractivity contribution is 0.101. The Morgan fingerprint density at radius 1 is 1.26 bits per heavy atom. The first kappa shape index (κ1) is 11.2. The van der Waals surface area contributed by atoms with E-state index in [-0.39, 0.29) is 11.6 Å². The Hall–Kier alpha value is -2.89. The van der Waals surface area contributed by atoms with Crippen molar-refractivity contribution in [2.75, 3.05) is 5.32 Å².